The molecule has 1 aliphatic carbocycles. The SMILES string of the molecule is CCn1nccc1C(=O)N[C@H](C(=O)Nc1ccc(-c2c(C)nnn2C)cn1)C1CCCCCC1. The molecule has 34 heavy (non-hydrogen) atoms. The second-order valence-electron chi connectivity index (χ2n) is 8.80. The van der Waals surface area contributed by atoms with Crippen molar-refractivity contribution in [3.05, 3.63) is 42.0 Å². The van der Waals surface area contributed by atoms with Gasteiger partial charge in [-0.1, -0.05) is 30.9 Å². The third kappa shape index (κ3) is 5.16. The van der Waals surface area contributed by atoms with Crippen LogP contribution in [0, 0.1) is 12.8 Å². The molecule has 3 aromatic rings. The molecule has 1 aliphatic rings. The lowest BCUT2D eigenvalue weighted by atomic mass is 9.91. The maximum atomic E-state index is 13.4. The van der Waals surface area contributed by atoms with E-state index in [0.717, 1.165) is 55.5 Å². The predicted molar refractivity (Wildman–Crippen MR) is 128 cm³/mol. The summed E-state index contributed by atoms with van der Waals surface area (Å²) in [4.78, 5) is 30.9. The number of aryl methyl sites for hydroxylation is 3. The Labute approximate surface area is 199 Å². The van der Waals surface area contributed by atoms with Gasteiger partial charge >= 0.3 is 0 Å². The van der Waals surface area contributed by atoms with Gasteiger partial charge in [0.2, 0.25) is 5.91 Å². The van der Waals surface area contributed by atoms with E-state index in [0.29, 0.717) is 18.1 Å². The first kappa shape index (κ1) is 23.6. The first-order valence-electron chi connectivity index (χ1n) is 11.9. The monoisotopic (exact) mass is 464 g/mol. The third-order valence-electron chi connectivity index (χ3n) is 6.47. The number of anilines is 1. The van der Waals surface area contributed by atoms with Crippen molar-refractivity contribution in [1.29, 1.82) is 0 Å². The van der Waals surface area contributed by atoms with Crippen LogP contribution in [0.2, 0.25) is 0 Å². The Balaban J connectivity index is 1.52. The van der Waals surface area contributed by atoms with Crippen molar-refractivity contribution < 1.29 is 9.59 Å². The van der Waals surface area contributed by atoms with Gasteiger partial charge in [-0.3, -0.25) is 14.3 Å². The topological polar surface area (TPSA) is 120 Å². The minimum Gasteiger partial charge on any atom is -0.339 e. The van der Waals surface area contributed by atoms with E-state index in [9.17, 15) is 9.59 Å². The van der Waals surface area contributed by atoms with Crippen molar-refractivity contribution in [2.75, 3.05) is 5.32 Å². The number of hydrogen-bond donors (Lipinski definition) is 2. The summed E-state index contributed by atoms with van der Waals surface area (Å²) in [6.45, 7) is 4.40. The summed E-state index contributed by atoms with van der Waals surface area (Å²) in [6, 6.07) is 4.68. The lowest BCUT2D eigenvalue weighted by Gasteiger charge is -2.26. The van der Waals surface area contributed by atoms with Crippen LogP contribution in [0.3, 0.4) is 0 Å². The van der Waals surface area contributed by atoms with Gasteiger partial charge in [0.05, 0.1) is 11.4 Å². The normalized spacial score (nSPS) is 15.5. The Bertz CT molecular complexity index is 1110. The standard InChI is InChI=1S/C24H32N8O2/c1-4-32-19(13-14-26-32)23(33)28-21(17-9-7-5-6-8-10-17)24(34)27-20-12-11-18(15-25-20)22-16(2)29-30-31(22)3/h11-15,17,21H,4-10H2,1-3H3,(H,28,33)(H,25,27,34)/t21-/m0/s1. The highest BCUT2D eigenvalue weighted by molar-refractivity contribution is 6.00. The molecule has 1 fully saturated rings. The number of carbonyl (C=O) groups excluding carboxylic acids is 2. The van der Waals surface area contributed by atoms with E-state index in [1.165, 1.54) is 0 Å². The summed E-state index contributed by atoms with van der Waals surface area (Å²) in [5.41, 5.74) is 3.01. The lowest BCUT2D eigenvalue weighted by Crippen LogP contribution is -2.49. The molecule has 2 amide bonds. The van der Waals surface area contributed by atoms with E-state index < -0.39 is 6.04 Å². The average Bonchev–Trinajstić information content (AvgIpc) is 3.34. The maximum Gasteiger partial charge on any atom is 0.270 e. The van der Waals surface area contributed by atoms with Crippen molar-refractivity contribution in [3.63, 3.8) is 0 Å². The van der Waals surface area contributed by atoms with Gasteiger partial charge in [0.1, 0.15) is 17.6 Å². The molecule has 0 radical (unpaired) electrons. The number of rotatable bonds is 7. The van der Waals surface area contributed by atoms with Crippen LogP contribution in [0.1, 0.15) is 61.6 Å². The van der Waals surface area contributed by atoms with Crippen LogP contribution < -0.4 is 10.6 Å². The van der Waals surface area contributed by atoms with Crippen LogP contribution in [-0.2, 0) is 18.4 Å². The molecular formula is C24H32N8O2. The zero-order valence-electron chi connectivity index (χ0n) is 20.0. The number of pyridine rings is 1. The number of aromatic nitrogens is 6. The average molecular weight is 465 g/mol. The van der Waals surface area contributed by atoms with Gasteiger partial charge in [0.25, 0.3) is 5.91 Å². The molecule has 0 aliphatic heterocycles. The maximum absolute atomic E-state index is 13.4. The molecule has 4 rings (SSSR count). The molecule has 3 heterocycles. The first-order valence-corrected chi connectivity index (χ1v) is 11.9. The van der Waals surface area contributed by atoms with Gasteiger partial charge < -0.3 is 10.6 Å². The summed E-state index contributed by atoms with van der Waals surface area (Å²) < 4.78 is 3.33. The molecule has 180 valence electrons. The molecule has 0 saturated heterocycles. The number of carbonyl (C=O) groups is 2. The van der Waals surface area contributed by atoms with Crippen LogP contribution in [0.25, 0.3) is 11.3 Å². The van der Waals surface area contributed by atoms with Crippen LogP contribution in [0.4, 0.5) is 5.82 Å². The summed E-state index contributed by atoms with van der Waals surface area (Å²) in [7, 11) is 1.83. The second-order valence-corrected chi connectivity index (χ2v) is 8.80. The molecule has 1 atom stereocenters. The fraction of sp³-hybridized carbons (Fsp3) is 0.500. The highest BCUT2D eigenvalue weighted by Crippen LogP contribution is 2.27. The Kier molecular flexibility index (Phi) is 7.34. The smallest absolute Gasteiger partial charge is 0.270 e. The van der Waals surface area contributed by atoms with Crippen molar-refractivity contribution in [2.45, 2.75) is 65.0 Å². The quantitative estimate of drug-likeness (QED) is 0.519. The fourth-order valence-corrected chi connectivity index (χ4v) is 4.70. The van der Waals surface area contributed by atoms with Gasteiger partial charge in [0.15, 0.2) is 0 Å². The van der Waals surface area contributed by atoms with E-state index in [2.05, 4.69) is 31.0 Å². The lowest BCUT2D eigenvalue weighted by molar-refractivity contribution is -0.119. The number of nitrogens with one attached hydrogen (secondary N) is 2. The van der Waals surface area contributed by atoms with Crippen LogP contribution in [-0.4, -0.2) is 47.6 Å². The molecule has 0 bridgehead atoms. The number of nitrogens with zero attached hydrogens (tertiary/aromatic N) is 6. The summed E-state index contributed by atoms with van der Waals surface area (Å²) in [5, 5.41) is 18.2. The van der Waals surface area contributed by atoms with Gasteiger partial charge in [-0.15, -0.1) is 5.10 Å². The van der Waals surface area contributed by atoms with E-state index in [1.54, 1.807) is 33.9 Å². The highest BCUT2D eigenvalue weighted by Gasteiger charge is 2.31. The van der Waals surface area contributed by atoms with Gasteiger partial charge in [-0.2, -0.15) is 5.10 Å². The third-order valence-corrected chi connectivity index (χ3v) is 6.47. The van der Waals surface area contributed by atoms with E-state index in [4.69, 9.17) is 0 Å². The molecule has 0 spiro atoms. The first-order chi connectivity index (χ1) is 16.5. The van der Waals surface area contributed by atoms with E-state index in [-0.39, 0.29) is 17.7 Å². The largest absolute Gasteiger partial charge is 0.339 e. The number of hydrogen-bond acceptors (Lipinski definition) is 6. The minimum atomic E-state index is -0.643. The van der Waals surface area contributed by atoms with Crippen LogP contribution in [0.15, 0.2) is 30.6 Å². The molecule has 0 aromatic carbocycles. The molecule has 3 aromatic heterocycles. The summed E-state index contributed by atoms with van der Waals surface area (Å²) in [5.74, 6) is -0.0208. The zero-order valence-corrected chi connectivity index (χ0v) is 20.0. The van der Waals surface area contributed by atoms with Crippen molar-refractivity contribution in [2.24, 2.45) is 13.0 Å². The van der Waals surface area contributed by atoms with E-state index >= 15 is 0 Å². The number of amides is 2. The molecule has 2 N–H and O–H groups in total. The van der Waals surface area contributed by atoms with Gasteiger partial charge in [0, 0.05) is 31.5 Å². The highest BCUT2D eigenvalue weighted by atomic mass is 16.2. The van der Waals surface area contributed by atoms with Crippen molar-refractivity contribution >= 4 is 17.6 Å². The summed E-state index contributed by atoms with van der Waals surface area (Å²) >= 11 is 0. The molecule has 0 unspecified atom stereocenters. The Hall–Kier alpha value is -3.56. The van der Waals surface area contributed by atoms with Gasteiger partial charge in [-0.25, -0.2) is 9.67 Å². The molecular weight excluding hydrogens is 432 g/mol. The van der Waals surface area contributed by atoms with E-state index in [1.807, 2.05) is 27.0 Å². The van der Waals surface area contributed by atoms with Crippen LogP contribution >= 0.6 is 0 Å². The van der Waals surface area contributed by atoms with Crippen LogP contribution in [0.5, 0.6) is 0 Å². The zero-order chi connectivity index (χ0) is 24.1. The van der Waals surface area contributed by atoms with Gasteiger partial charge in [-0.05, 0) is 50.8 Å². The Morgan fingerprint density at radius 1 is 1.15 bits per heavy atom. The summed E-state index contributed by atoms with van der Waals surface area (Å²) in [6.07, 6.45) is 9.55. The molecule has 1 saturated carbocycles. The Morgan fingerprint density at radius 2 is 1.91 bits per heavy atom. The molecule has 10 heteroatoms. The van der Waals surface area contributed by atoms with Crippen molar-refractivity contribution in [3.8, 4) is 11.3 Å². The Morgan fingerprint density at radius 3 is 2.53 bits per heavy atom. The second kappa shape index (κ2) is 10.6. The fourth-order valence-electron chi connectivity index (χ4n) is 4.70. The predicted octanol–water partition coefficient (Wildman–Crippen LogP) is 3.11. The minimum absolute atomic E-state index is 0.0758. The van der Waals surface area contributed by atoms with Crippen molar-refractivity contribution in [1.82, 2.24) is 35.1 Å². The molecule has 10 nitrogen and oxygen atoms in total.